The summed E-state index contributed by atoms with van der Waals surface area (Å²) in [5.41, 5.74) is -0.735. The van der Waals surface area contributed by atoms with E-state index in [1.165, 1.54) is 19.2 Å². The highest BCUT2D eigenvalue weighted by molar-refractivity contribution is 5.91. The van der Waals surface area contributed by atoms with E-state index in [0.29, 0.717) is 6.61 Å². The zero-order chi connectivity index (χ0) is 14.3. The normalized spacial score (nSPS) is 11.4. The van der Waals surface area contributed by atoms with Gasteiger partial charge in [-0.15, -0.1) is 0 Å². The van der Waals surface area contributed by atoms with Crippen molar-refractivity contribution in [3.63, 3.8) is 0 Å². The minimum Gasteiger partial charge on any atom is -0.382 e. The first-order chi connectivity index (χ1) is 8.93. The Balaban J connectivity index is 2.50. The van der Waals surface area contributed by atoms with Crippen LogP contribution in [0.5, 0.6) is 0 Å². The molecule has 0 fully saturated rings. The summed E-state index contributed by atoms with van der Waals surface area (Å²) in [6, 6.07) is 4.41. The Bertz CT molecular complexity index is 421. The van der Waals surface area contributed by atoms with Crippen molar-refractivity contribution in [2.45, 2.75) is 6.18 Å². The van der Waals surface area contributed by atoms with Crippen LogP contribution in [0.25, 0.3) is 0 Å². The van der Waals surface area contributed by atoms with Crippen LogP contribution in [0.1, 0.15) is 5.56 Å². The van der Waals surface area contributed by atoms with Crippen LogP contribution in [0.15, 0.2) is 24.3 Å². The Hall–Kier alpha value is -1.60. The first kappa shape index (κ1) is 15.5. The summed E-state index contributed by atoms with van der Waals surface area (Å²) >= 11 is 0. The predicted octanol–water partition coefficient (Wildman–Crippen LogP) is 2.31. The number of ether oxygens (including phenoxy) is 2. The third kappa shape index (κ3) is 5.71. The van der Waals surface area contributed by atoms with Crippen LogP contribution in [0.4, 0.5) is 18.9 Å². The third-order valence-corrected chi connectivity index (χ3v) is 2.14. The van der Waals surface area contributed by atoms with E-state index in [0.717, 1.165) is 12.1 Å². The second-order valence-electron chi connectivity index (χ2n) is 3.67. The van der Waals surface area contributed by atoms with E-state index >= 15 is 0 Å². The van der Waals surface area contributed by atoms with E-state index in [9.17, 15) is 18.0 Å². The number of methoxy groups -OCH3 is 1. The summed E-state index contributed by atoms with van der Waals surface area (Å²) in [5, 5.41) is 2.33. The quantitative estimate of drug-likeness (QED) is 0.812. The number of carbonyl (C=O) groups excluding carboxylic acids is 1. The first-order valence-electron chi connectivity index (χ1n) is 5.47. The maximum atomic E-state index is 12.4. The highest BCUT2D eigenvalue weighted by Crippen LogP contribution is 2.30. The molecule has 1 N–H and O–H groups in total. The zero-order valence-electron chi connectivity index (χ0n) is 10.3. The topological polar surface area (TPSA) is 47.6 Å². The molecule has 0 aliphatic carbocycles. The summed E-state index contributed by atoms with van der Waals surface area (Å²) in [7, 11) is 1.49. The van der Waals surface area contributed by atoms with Crippen LogP contribution in [-0.2, 0) is 20.4 Å². The second kappa shape index (κ2) is 7.10. The molecule has 0 bridgehead atoms. The van der Waals surface area contributed by atoms with Gasteiger partial charge in [0, 0.05) is 12.8 Å². The van der Waals surface area contributed by atoms with E-state index in [4.69, 9.17) is 9.47 Å². The summed E-state index contributed by atoms with van der Waals surface area (Å²) in [4.78, 5) is 11.4. The summed E-state index contributed by atoms with van der Waals surface area (Å²) in [5.74, 6) is -0.518. The standard InChI is InChI=1S/C12H14F3NO3/c1-18-5-6-19-8-11(17)16-10-4-2-3-9(7-10)12(13,14)15/h2-4,7H,5-6,8H2,1H3,(H,16,17). The Kier molecular flexibility index (Phi) is 5.78. The van der Waals surface area contributed by atoms with Crippen molar-refractivity contribution in [1.29, 1.82) is 0 Å². The Morgan fingerprint density at radius 3 is 2.68 bits per heavy atom. The molecule has 106 valence electrons. The number of halogens is 3. The van der Waals surface area contributed by atoms with Gasteiger partial charge in [-0.2, -0.15) is 13.2 Å². The summed E-state index contributed by atoms with van der Waals surface area (Å²) in [6.07, 6.45) is -4.43. The van der Waals surface area contributed by atoms with Gasteiger partial charge in [-0.3, -0.25) is 4.79 Å². The number of amides is 1. The predicted molar refractivity (Wildman–Crippen MR) is 62.8 cm³/mol. The van der Waals surface area contributed by atoms with Crippen LogP contribution in [0, 0.1) is 0 Å². The number of rotatable bonds is 6. The maximum Gasteiger partial charge on any atom is 0.416 e. The molecule has 1 rings (SSSR count). The van der Waals surface area contributed by atoms with Gasteiger partial charge < -0.3 is 14.8 Å². The lowest BCUT2D eigenvalue weighted by Crippen LogP contribution is -2.20. The number of hydrogen-bond donors (Lipinski definition) is 1. The molecular formula is C12H14F3NO3. The largest absolute Gasteiger partial charge is 0.416 e. The van der Waals surface area contributed by atoms with Crippen LogP contribution < -0.4 is 5.32 Å². The molecule has 4 nitrogen and oxygen atoms in total. The molecule has 0 spiro atoms. The van der Waals surface area contributed by atoms with Gasteiger partial charge in [-0.05, 0) is 18.2 Å². The highest BCUT2D eigenvalue weighted by atomic mass is 19.4. The Labute approximate surface area is 108 Å². The van der Waals surface area contributed by atoms with Gasteiger partial charge in [0.15, 0.2) is 0 Å². The summed E-state index contributed by atoms with van der Waals surface area (Å²) in [6.45, 7) is 0.350. The molecule has 1 aromatic rings. The molecule has 0 saturated carbocycles. The molecule has 0 aromatic heterocycles. The lowest BCUT2D eigenvalue weighted by atomic mass is 10.2. The highest BCUT2D eigenvalue weighted by Gasteiger charge is 2.30. The number of benzene rings is 1. The van der Waals surface area contributed by atoms with E-state index in [-0.39, 0.29) is 18.9 Å². The van der Waals surface area contributed by atoms with Crippen molar-refractivity contribution in [2.24, 2.45) is 0 Å². The van der Waals surface area contributed by atoms with Crippen molar-refractivity contribution in [3.8, 4) is 0 Å². The molecule has 0 aliphatic rings. The molecule has 0 heterocycles. The van der Waals surface area contributed by atoms with Crippen molar-refractivity contribution < 1.29 is 27.4 Å². The fourth-order valence-electron chi connectivity index (χ4n) is 1.28. The fourth-order valence-corrected chi connectivity index (χ4v) is 1.28. The first-order valence-corrected chi connectivity index (χ1v) is 5.47. The number of hydrogen-bond acceptors (Lipinski definition) is 3. The maximum absolute atomic E-state index is 12.4. The second-order valence-corrected chi connectivity index (χ2v) is 3.67. The van der Waals surface area contributed by atoms with E-state index < -0.39 is 17.6 Å². The molecule has 0 saturated heterocycles. The molecule has 0 radical (unpaired) electrons. The monoisotopic (exact) mass is 277 g/mol. The van der Waals surface area contributed by atoms with Crippen LogP contribution in [0.2, 0.25) is 0 Å². The number of anilines is 1. The average molecular weight is 277 g/mol. The van der Waals surface area contributed by atoms with Gasteiger partial charge in [0.25, 0.3) is 0 Å². The van der Waals surface area contributed by atoms with Crippen molar-refractivity contribution in [2.75, 3.05) is 32.2 Å². The molecule has 0 aliphatic heterocycles. The number of alkyl halides is 3. The van der Waals surface area contributed by atoms with Crippen LogP contribution in [0.3, 0.4) is 0 Å². The van der Waals surface area contributed by atoms with Crippen LogP contribution >= 0.6 is 0 Å². The van der Waals surface area contributed by atoms with Gasteiger partial charge in [0.2, 0.25) is 5.91 Å². The van der Waals surface area contributed by atoms with E-state index in [1.54, 1.807) is 0 Å². The number of nitrogens with one attached hydrogen (secondary N) is 1. The van der Waals surface area contributed by atoms with Crippen molar-refractivity contribution >= 4 is 11.6 Å². The average Bonchev–Trinajstić information content (AvgIpc) is 2.34. The lowest BCUT2D eigenvalue weighted by Gasteiger charge is -2.10. The smallest absolute Gasteiger partial charge is 0.382 e. The molecular weight excluding hydrogens is 263 g/mol. The van der Waals surface area contributed by atoms with Gasteiger partial charge >= 0.3 is 6.18 Å². The Morgan fingerprint density at radius 2 is 2.05 bits per heavy atom. The van der Waals surface area contributed by atoms with Gasteiger partial charge in [-0.1, -0.05) is 6.07 Å². The van der Waals surface area contributed by atoms with E-state index in [2.05, 4.69) is 5.32 Å². The molecule has 0 unspecified atom stereocenters. The SMILES string of the molecule is COCCOCC(=O)Nc1cccc(C(F)(F)F)c1. The van der Waals surface area contributed by atoms with Crippen molar-refractivity contribution in [1.82, 2.24) is 0 Å². The molecule has 7 heteroatoms. The van der Waals surface area contributed by atoms with Gasteiger partial charge in [0.05, 0.1) is 18.8 Å². The Morgan fingerprint density at radius 1 is 1.32 bits per heavy atom. The van der Waals surface area contributed by atoms with Crippen LogP contribution in [-0.4, -0.2) is 32.8 Å². The van der Waals surface area contributed by atoms with Crippen molar-refractivity contribution in [3.05, 3.63) is 29.8 Å². The zero-order valence-corrected chi connectivity index (χ0v) is 10.3. The molecule has 1 aromatic carbocycles. The minimum absolute atomic E-state index is 0.0789. The third-order valence-electron chi connectivity index (χ3n) is 2.14. The van der Waals surface area contributed by atoms with E-state index in [1.807, 2.05) is 0 Å². The molecule has 19 heavy (non-hydrogen) atoms. The van der Waals surface area contributed by atoms with Gasteiger partial charge in [0.1, 0.15) is 6.61 Å². The fraction of sp³-hybridized carbons (Fsp3) is 0.417. The minimum atomic E-state index is -4.43. The van der Waals surface area contributed by atoms with Gasteiger partial charge in [-0.25, -0.2) is 0 Å². The summed E-state index contributed by atoms with van der Waals surface area (Å²) < 4.78 is 47.0. The lowest BCUT2D eigenvalue weighted by molar-refractivity contribution is -0.137. The molecule has 0 atom stereocenters. The molecule has 1 amide bonds. The number of carbonyl (C=O) groups is 1.